The van der Waals surface area contributed by atoms with Crippen LogP contribution in [0.2, 0.25) is 15.2 Å². The van der Waals surface area contributed by atoms with Crippen molar-refractivity contribution in [3.8, 4) is 5.88 Å². The van der Waals surface area contributed by atoms with Gasteiger partial charge in [-0.25, -0.2) is 0 Å². The summed E-state index contributed by atoms with van der Waals surface area (Å²) in [5.74, 6) is 0.298. The van der Waals surface area contributed by atoms with E-state index in [1.165, 1.54) is 6.07 Å². The molecule has 0 N–H and O–H groups in total. The average molecular weight is 283 g/mol. The van der Waals surface area contributed by atoms with Crippen LogP contribution in [0, 0.1) is 0 Å². The number of ether oxygens (including phenoxy) is 2. The lowest BCUT2D eigenvalue weighted by molar-refractivity contribution is 0.0664. The Balaban J connectivity index is 2.00. The Kier molecular flexibility index (Phi) is 4.14. The van der Waals surface area contributed by atoms with E-state index in [0.29, 0.717) is 22.5 Å². The summed E-state index contributed by atoms with van der Waals surface area (Å²) in [6.45, 7) is 1.22. The predicted octanol–water partition coefficient (Wildman–Crippen LogP) is 3.60. The molecule has 0 aliphatic carbocycles. The second-order valence-corrected chi connectivity index (χ2v) is 4.67. The number of halogens is 3. The van der Waals surface area contributed by atoms with Crippen molar-refractivity contribution in [2.24, 2.45) is 0 Å². The van der Waals surface area contributed by atoms with Gasteiger partial charge in [0, 0.05) is 6.61 Å². The fourth-order valence-electron chi connectivity index (χ4n) is 1.48. The Labute approximate surface area is 109 Å². The molecule has 2 heterocycles. The van der Waals surface area contributed by atoms with Crippen LogP contribution in [0.5, 0.6) is 5.88 Å². The fourth-order valence-corrected chi connectivity index (χ4v) is 2.02. The van der Waals surface area contributed by atoms with Crippen molar-refractivity contribution >= 4 is 34.8 Å². The zero-order valence-corrected chi connectivity index (χ0v) is 10.6. The molecule has 1 aliphatic rings. The lowest BCUT2D eigenvalue weighted by atomic mass is 10.2. The standard InChI is InChI=1S/C10H10Cl3NO2/c11-7-4-8(12)10(14-9(7)13)16-5-6-2-1-3-15-6/h4,6H,1-3,5H2. The molecular weight excluding hydrogens is 272 g/mol. The molecular formula is C10H10Cl3NO2. The van der Waals surface area contributed by atoms with Gasteiger partial charge >= 0.3 is 0 Å². The predicted molar refractivity (Wildman–Crippen MR) is 63.7 cm³/mol. The molecule has 0 radical (unpaired) electrons. The van der Waals surface area contributed by atoms with Crippen LogP contribution in [0.3, 0.4) is 0 Å². The van der Waals surface area contributed by atoms with E-state index >= 15 is 0 Å². The molecule has 3 nitrogen and oxygen atoms in total. The van der Waals surface area contributed by atoms with Crippen molar-refractivity contribution in [3.63, 3.8) is 0 Å². The smallest absolute Gasteiger partial charge is 0.234 e. The molecule has 0 spiro atoms. The maximum absolute atomic E-state index is 5.92. The monoisotopic (exact) mass is 281 g/mol. The minimum Gasteiger partial charge on any atom is -0.474 e. The second-order valence-electron chi connectivity index (χ2n) is 3.49. The fraction of sp³-hybridized carbons (Fsp3) is 0.500. The Morgan fingerprint density at radius 3 is 2.88 bits per heavy atom. The highest BCUT2D eigenvalue weighted by Crippen LogP contribution is 2.30. The van der Waals surface area contributed by atoms with Crippen molar-refractivity contribution in [2.45, 2.75) is 18.9 Å². The second kappa shape index (κ2) is 5.41. The zero-order chi connectivity index (χ0) is 11.5. The van der Waals surface area contributed by atoms with E-state index in [1.54, 1.807) is 0 Å². The highest BCUT2D eigenvalue weighted by Gasteiger charge is 2.17. The van der Waals surface area contributed by atoms with Crippen molar-refractivity contribution in [2.75, 3.05) is 13.2 Å². The first kappa shape index (κ1) is 12.2. The third-order valence-electron chi connectivity index (χ3n) is 2.28. The number of rotatable bonds is 3. The molecule has 1 aliphatic heterocycles. The highest BCUT2D eigenvalue weighted by atomic mass is 35.5. The Hall–Kier alpha value is -0.220. The molecule has 2 rings (SSSR count). The third-order valence-corrected chi connectivity index (χ3v) is 3.23. The molecule has 0 bridgehead atoms. The maximum atomic E-state index is 5.92. The number of hydrogen-bond acceptors (Lipinski definition) is 3. The van der Waals surface area contributed by atoms with E-state index in [0.717, 1.165) is 19.4 Å². The largest absolute Gasteiger partial charge is 0.474 e. The SMILES string of the molecule is Clc1cc(Cl)c(OCC2CCCO2)nc1Cl. The van der Waals surface area contributed by atoms with Crippen LogP contribution in [-0.2, 0) is 4.74 Å². The van der Waals surface area contributed by atoms with Gasteiger partial charge in [-0.2, -0.15) is 4.98 Å². The number of hydrogen-bond donors (Lipinski definition) is 0. The van der Waals surface area contributed by atoms with E-state index in [4.69, 9.17) is 44.3 Å². The molecule has 1 aromatic rings. The number of aromatic nitrogens is 1. The maximum Gasteiger partial charge on any atom is 0.234 e. The van der Waals surface area contributed by atoms with Gasteiger partial charge in [0.2, 0.25) is 5.88 Å². The average Bonchev–Trinajstić information content (AvgIpc) is 2.74. The van der Waals surface area contributed by atoms with Crippen LogP contribution in [0.15, 0.2) is 6.07 Å². The van der Waals surface area contributed by atoms with Crippen LogP contribution >= 0.6 is 34.8 Å². The minimum atomic E-state index is 0.118. The summed E-state index contributed by atoms with van der Waals surface area (Å²) in [7, 11) is 0. The van der Waals surface area contributed by atoms with Gasteiger partial charge in [0.15, 0.2) is 5.15 Å². The van der Waals surface area contributed by atoms with Gasteiger partial charge in [0.05, 0.1) is 11.1 Å². The molecule has 1 unspecified atom stereocenters. The summed E-state index contributed by atoms with van der Waals surface area (Å²) in [4.78, 5) is 3.96. The molecule has 0 amide bonds. The van der Waals surface area contributed by atoms with Gasteiger partial charge in [-0.3, -0.25) is 0 Å². The Bertz CT molecular complexity index is 381. The summed E-state index contributed by atoms with van der Waals surface area (Å²) in [5.41, 5.74) is 0. The molecule has 0 saturated carbocycles. The first-order valence-electron chi connectivity index (χ1n) is 4.93. The Morgan fingerprint density at radius 2 is 2.19 bits per heavy atom. The molecule has 1 fully saturated rings. The molecule has 1 saturated heterocycles. The van der Waals surface area contributed by atoms with E-state index < -0.39 is 0 Å². The van der Waals surface area contributed by atoms with E-state index in [-0.39, 0.29) is 11.3 Å². The molecule has 6 heteroatoms. The zero-order valence-electron chi connectivity index (χ0n) is 8.38. The molecule has 1 aromatic heterocycles. The van der Waals surface area contributed by atoms with Crippen molar-refractivity contribution in [1.82, 2.24) is 4.98 Å². The van der Waals surface area contributed by atoms with Crippen LogP contribution < -0.4 is 4.74 Å². The van der Waals surface area contributed by atoms with Crippen molar-refractivity contribution in [3.05, 3.63) is 21.3 Å². The van der Waals surface area contributed by atoms with Gasteiger partial charge in [-0.15, -0.1) is 0 Å². The lowest BCUT2D eigenvalue weighted by Gasteiger charge is -2.12. The van der Waals surface area contributed by atoms with Crippen molar-refractivity contribution in [1.29, 1.82) is 0 Å². The summed E-state index contributed by atoms with van der Waals surface area (Å²) < 4.78 is 10.9. The van der Waals surface area contributed by atoms with E-state index in [1.807, 2.05) is 0 Å². The molecule has 1 atom stereocenters. The van der Waals surface area contributed by atoms with Crippen LogP contribution in [0.4, 0.5) is 0 Å². The van der Waals surface area contributed by atoms with Crippen LogP contribution in [0.25, 0.3) is 0 Å². The van der Waals surface area contributed by atoms with Gasteiger partial charge < -0.3 is 9.47 Å². The van der Waals surface area contributed by atoms with Gasteiger partial charge in [0.25, 0.3) is 0 Å². The summed E-state index contributed by atoms with van der Waals surface area (Å²) in [5, 5.41) is 0.858. The first-order chi connectivity index (χ1) is 7.66. The Morgan fingerprint density at radius 1 is 1.38 bits per heavy atom. The number of pyridine rings is 1. The lowest BCUT2D eigenvalue weighted by Crippen LogP contribution is -2.16. The van der Waals surface area contributed by atoms with Crippen LogP contribution in [-0.4, -0.2) is 24.3 Å². The summed E-state index contributed by atoms with van der Waals surface area (Å²) in [6.07, 6.45) is 2.18. The first-order valence-corrected chi connectivity index (χ1v) is 6.06. The normalized spacial score (nSPS) is 20.1. The molecule has 0 aromatic carbocycles. The van der Waals surface area contributed by atoms with E-state index in [9.17, 15) is 0 Å². The number of nitrogens with zero attached hydrogens (tertiary/aromatic N) is 1. The van der Waals surface area contributed by atoms with Crippen molar-refractivity contribution < 1.29 is 9.47 Å². The third kappa shape index (κ3) is 2.92. The molecule has 16 heavy (non-hydrogen) atoms. The van der Waals surface area contributed by atoms with Gasteiger partial charge in [0.1, 0.15) is 11.6 Å². The van der Waals surface area contributed by atoms with Gasteiger partial charge in [-0.05, 0) is 18.9 Å². The minimum absolute atomic E-state index is 0.118. The summed E-state index contributed by atoms with van der Waals surface area (Å²) >= 11 is 17.4. The van der Waals surface area contributed by atoms with Crippen LogP contribution in [0.1, 0.15) is 12.8 Å². The highest BCUT2D eigenvalue weighted by molar-refractivity contribution is 6.42. The topological polar surface area (TPSA) is 31.4 Å². The summed E-state index contributed by atoms with van der Waals surface area (Å²) in [6, 6.07) is 1.52. The molecule has 88 valence electrons. The van der Waals surface area contributed by atoms with E-state index in [2.05, 4.69) is 4.98 Å². The quantitative estimate of drug-likeness (QED) is 0.794. The van der Waals surface area contributed by atoms with Gasteiger partial charge in [-0.1, -0.05) is 34.8 Å².